The van der Waals surface area contributed by atoms with Crippen LogP contribution in [-0.4, -0.2) is 15.9 Å². The van der Waals surface area contributed by atoms with Crippen molar-refractivity contribution in [2.75, 3.05) is 5.32 Å². The van der Waals surface area contributed by atoms with Crippen molar-refractivity contribution in [3.63, 3.8) is 0 Å². The van der Waals surface area contributed by atoms with E-state index >= 15 is 0 Å². The number of fused-ring (bicyclic) bond motifs is 1. The summed E-state index contributed by atoms with van der Waals surface area (Å²) in [4.78, 5) is 19.6. The predicted molar refractivity (Wildman–Crippen MR) is 85.7 cm³/mol. The van der Waals surface area contributed by atoms with E-state index in [2.05, 4.69) is 21.2 Å². The summed E-state index contributed by atoms with van der Waals surface area (Å²) < 4.78 is 13.5. The highest BCUT2D eigenvalue weighted by molar-refractivity contribution is 5.94. The van der Waals surface area contributed by atoms with Crippen LogP contribution < -0.4 is 11.1 Å². The zero-order valence-electron chi connectivity index (χ0n) is 11.9. The highest BCUT2D eigenvalue weighted by atomic mass is 19.1. The molecule has 1 amide bonds. The van der Waals surface area contributed by atoms with Gasteiger partial charge in [0.2, 0.25) is 11.9 Å². The maximum Gasteiger partial charge on any atom is 0.248 e. The van der Waals surface area contributed by atoms with Gasteiger partial charge in [-0.05, 0) is 36.4 Å². The zero-order valence-corrected chi connectivity index (χ0v) is 11.9. The molecule has 3 rings (SSSR count). The van der Waals surface area contributed by atoms with Crippen molar-refractivity contribution in [1.82, 2.24) is 9.97 Å². The quantitative estimate of drug-likeness (QED) is 0.729. The molecule has 0 aliphatic carbocycles. The third-order valence-electron chi connectivity index (χ3n) is 3.18. The molecule has 0 radical (unpaired) electrons. The number of aromatic nitrogens is 2. The lowest BCUT2D eigenvalue weighted by atomic mass is 10.1. The Morgan fingerprint density at radius 1 is 1.26 bits per heavy atom. The number of amides is 1. The van der Waals surface area contributed by atoms with E-state index < -0.39 is 11.7 Å². The van der Waals surface area contributed by atoms with E-state index in [1.807, 2.05) is 0 Å². The van der Waals surface area contributed by atoms with Crippen molar-refractivity contribution in [3.05, 3.63) is 59.5 Å². The van der Waals surface area contributed by atoms with E-state index in [4.69, 9.17) is 12.2 Å². The van der Waals surface area contributed by atoms with Crippen molar-refractivity contribution in [2.45, 2.75) is 0 Å². The van der Waals surface area contributed by atoms with Gasteiger partial charge in [0.05, 0.1) is 5.52 Å². The van der Waals surface area contributed by atoms with Crippen molar-refractivity contribution in [1.29, 1.82) is 0 Å². The van der Waals surface area contributed by atoms with E-state index in [-0.39, 0.29) is 11.5 Å². The predicted octanol–water partition coefficient (Wildman–Crippen LogP) is 2.59. The number of hydrogen-bond acceptors (Lipinski definition) is 4. The molecule has 2 aromatic carbocycles. The van der Waals surface area contributed by atoms with Crippen molar-refractivity contribution in [2.24, 2.45) is 5.73 Å². The number of nitrogens with two attached hydrogens (primary N) is 1. The Morgan fingerprint density at radius 2 is 2.09 bits per heavy atom. The fourth-order valence-corrected chi connectivity index (χ4v) is 2.12. The summed E-state index contributed by atoms with van der Waals surface area (Å²) in [6.07, 6.45) is 6.96. The number of terminal acetylenes is 1. The van der Waals surface area contributed by atoms with E-state index in [9.17, 15) is 9.18 Å². The summed E-state index contributed by atoms with van der Waals surface area (Å²) in [5.41, 5.74) is 6.98. The number of anilines is 2. The third kappa shape index (κ3) is 3.09. The monoisotopic (exact) mass is 306 g/mol. The molecule has 0 unspecified atom stereocenters. The van der Waals surface area contributed by atoms with Crippen LogP contribution in [0.5, 0.6) is 0 Å². The van der Waals surface area contributed by atoms with E-state index in [1.165, 1.54) is 12.1 Å². The van der Waals surface area contributed by atoms with Gasteiger partial charge in [-0.3, -0.25) is 4.79 Å². The Kier molecular flexibility index (Phi) is 3.61. The first-order valence-corrected chi connectivity index (χ1v) is 6.66. The van der Waals surface area contributed by atoms with Gasteiger partial charge in [-0.2, -0.15) is 0 Å². The minimum atomic E-state index is -0.714. The van der Waals surface area contributed by atoms with Crippen LogP contribution in [0.25, 0.3) is 10.9 Å². The molecule has 112 valence electrons. The Morgan fingerprint density at radius 3 is 2.83 bits per heavy atom. The molecule has 23 heavy (non-hydrogen) atoms. The van der Waals surface area contributed by atoms with E-state index in [0.717, 1.165) is 17.0 Å². The molecule has 0 saturated heterocycles. The second-order valence-electron chi connectivity index (χ2n) is 4.83. The maximum absolute atomic E-state index is 13.5. The summed E-state index contributed by atoms with van der Waals surface area (Å²) >= 11 is 0. The minimum absolute atomic E-state index is 0.0620. The highest BCUT2D eigenvalue weighted by Gasteiger charge is 2.07. The molecule has 0 atom stereocenters. The Hall–Kier alpha value is -3.46. The normalized spacial score (nSPS) is 10.3. The molecule has 0 saturated carbocycles. The molecular formula is C17H11FN4O. The highest BCUT2D eigenvalue weighted by Crippen LogP contribution is 2.19. The van der Waals surface area contributed by atoms with Crippen LogP contribution in [0.3, 0.4) is 0 Å². The summed E-state index contributed by atoms with van der Waals surface area (Å²) in [6.45, 7) is 0. The number of nitrogens with zero attached hydrogens (tertiary/aromatic N) is 2. The number of carbonyl (C=O) groups is 1. The smallest absolute Gasteiger partial charge is 0.248 e. The lowest BCUT2D eigenvalue weighted by Crippen LogP contribution is -2.11. The third-order valence-corrected chi connectivity index (χ3v) is 3.18. The molecule has 3 aromatic rings. The molecule has 3 N–H and O–H groups in total. The number of primary amides is 1. The number of benzene rings is 2. The average molecular weight is 306 g/mol. The standard InChI is InChI=1S/C17H11FN4O/c1-2-10-3-4-15-12(5-10)9-20-17(22-15)21-14-7-11(16(19)23)6-13(18)8-14/h1,3-9H,(H2,19,23)(H,20,21,22). The second-order valence-corrected chi connectivity index (χ2v) is 4.83. The van der Waals surface area contributed by atoms with E-state index in [1.54, 1.807) is 24.4 Å². The van der Waals surface area contributed by atoms with Gasteiger partial charge in [0.1, 0.15) is 5.82 Å². The van der Waals surface area contributed by atoms with Crippen molar-refractivity contribution < 1.29 is 9.18 Å². The van der Waals surface area contributed by atoms with Gasteiger partial charge in [-0.25, -0.2) is 14.4 Å². The molecule has 1 heterocycles. The summed E-state index contributed by atoms with van der Waals surface area (Å²) in [6, 6.07) is 9.06. The fourth-order valence-electron chi connectivity index (χ4n) is 2.12. The number of carbonyl (C=O) groups excluding carboxylic acids is 1. The van der Waals surface area contributed by atoms with Gasteiger partial charge < -0.3 is 11.1 Å². The van der Waals surface area contributed by atoms with Crippen LogP contribution in [0, 0.1) is 18.2 Å². The molecule has 0 fully saturated rings. The van der Waals surface area contributed by atoms with Gasteiger partial charge in [0, 0.05) is 28.4 Å². The zero-order chi connectivity index (χ0) is 16.4. The summed E-state index contributed by atoms with van der Waals surface area (Å²) in [5, 5.41) is 3.64. The number of hydrogen-bond donors (Lipinski definition) is 2. The second kappa shape index (κ2) is 5.73. The average Bonchev–Trinajstić information content (AvgIpc) is 2.53. The van der Waals surface area contributed by atoms with Gasteiger partial charge in [0.25, 0.3) is 0 Å². The van der Waals surface area contributed by atoms with Crippen LogP contribution in [0.2, 0.25) is 0 Å². The summed E-state index contributed by atoms with van der Waals surface area (Å²) in [5.74, 6) is 1.52. The first kappa shape index (κ1) is 14.5. The van der Waals surface area contributed by atoms with Crippen LogP contribution in [-0.2, 0) is 0 Å². The van der Waals surface area contributed by atoms with Crippen LogP contribution >= 0.6 is 0 Å². The van der Waals surface area contributed by atoms with Gasteiger partial charge in [-0.1, -0.05) is 5.92 Å². The molecule has 0 aliphatic rings. The first-order chi connectivity index (χ1) is 11.0. The first-order valence-electron chi connectivity index (χ1n) is 6.66. The van der Waals surface area contributed by atoms with Gasteiger partial charge in [-0.15, -0.1) is 6.42 Å². The Labute approximate surface area is 131 Å². The minimum Gasteiger partial charge on any atom is -0.366 e. The van der Waals surface area contributed by atoms with Gasteiger partial charge in [0.15, 0.2) is 0 Å². The van der Waals surface area contributed by atoms with Crippen molar-refractivity contribution in [3.8, 4) is 12.3 Å². The van der Waals surface area contributed by atoms with E-state index in [0.29, 0.717) is 11.2 Å². The molecule has 5 nitrogen and oxygen atoms in total. The molecule has 6 heteroatoms. The molecule has 0 spiro atoms. The number of rotatable bonds is 3. The Balaban J connectivity index is 1.96. The molecular weight excluding hydrogens is 295 g/mol. The number of nitrogens with one attached hydrogen (secondary N) is 1. The SMILES string of the molecule is C#Cc1ccc2nc(Nc3cc(F)cc(C(N)=O)c3)ncc2c1. The topological polar surface area (TPSA) is 80.9 Å². The molecule has 1 aromatic heterocycles. The molecule has 0 aliphatic heterocycles. The lowest BCUT2D eigenvalue weighted by molar-refractivity contribution is 0.1000. The fraction of sp³-hybridized carbons (Fsp3) is 0. The lowest BCUT2D eigenvalue weighted by Gasteiger charge is -2.07. The van der Waals surface area contributed by atoms with Crippen molar-refractivity contribution >= 4 is 28.4 Å². The Bertz CT molecular complexity index is 962. The van der Waals surface area contributed by atoms with Gasteiger partial charge >= 0.3 is 0 Å². The largest absolute Gasteiger partial charge is 0.366 e. The van der Waals surface area contributed by atoms with Crippen LogP contribution in [0.1, 0.15) is 15.9 Å². The maximum atomic E-state index is 13.5. The van der Waals surface area contributed by atoms with Crippen LogP contribution in [0.15, 0.2) is 42.6 Å². The molecule has 0 bridgehead atoms. The number of halogens is 1. The summed E-state index contributed by atoms with van der Waals surface area (Å²) in [7, 11) is 0. The van der Waals surface area contributed by atoms with Crippen LogP contribution in [0.4, 0.5) is 16.0 Å².